The van der Waals surface area contributed by atoms with Gasteiger partial charge in [0, 0.05) is 5.56 Å². The fourth-order valence-electron chi connectivity index (χ4n) is 2.09. The number of allylic oxidation sites excluding steroid dienone is 1. The normalized spacial score (nSPS) is 9.80. The zero-order valence-corrected chi connectivity index (χ0v) is 14.0. The Labute approximate surface area is 146 Å². The largest absolute Gasteiger partial charge is 0.497 e. The number of hydrogen-bond acceptors (Lipinski definition) is 4. The number of carbonyl (C=O) groups excluding carboxylic acids is 2. The van der Waals surface area contributed by atoms with E-state index in [0.29, 0.717) is 23.5 Å². The number of para-hydroxylation sites is 1. The number of hydrazine groups is 1. The van der Waals surface area contributed by atoms with Gasteiger partial charge in [0.05, 0.1) is 7.11 Å². The highest BCUT2D eigenvalue weighted by Crippen LogP contribution is 2.18. The molecule has 0 heterocycles. The topological polar surface area (TPSA) is 76.7 Å². The molecule has 2 rings (SSSR count). The summed E-state index contributed by atoms with van der Waals surface area (Å²) in [5.74, 6) is 0.365. The molecule has 0 aliphatic carbocycles. The average Bonchev–Trinajstić information content (AvgIpc) is 2.65. The molecule has 0 unspecified atom stereocenters. The Balaban J connectivity index is 1.82. The molecule has 0 aliphatic rings. The van der Waals surface area contributed by atoms with Crippen LogP contribution in [-0.4, -0.2) is 25.5 Å². The minimum absolute atomic E-state index is 0.211. The lowest BCUT2D eigenvalue weighted by molar-refractivity contribution is -0.123. The first-order chi connectivity index (χ1) is 12.1. The van der Waals surface area contributed by atoms with E-state index in [2.05, 4.69) is 17.4 Å². The lowest BCUT2D eigenvalue weighted by Gasteiger charge is -2.11. The molecule has 0 aromatic heterocycles. The van der Waals surface area contributed by atoms with Crippen LogP contribution in [-0.2, 0) is 11.2 Å². The fourth-order valence-corrected chi connectivity index (χ4v) is 2.09. The maximum atomic E-state index is 11.9. The second kappa shape index (κ2) is 9.12. The van der Waals surface area contributed by atoms with Crippen LogP contribution >= 0.6 is 0 Å². The van der Waals surface area contributed by atoms with Gasteiger partial charge in [-0.2, -0.15) is 0 Å². The van der Waals surface area contributed by atoms with Crippen LogP contribution in [0.5, 0.6) is 11.5 Å². The molecule has 2 aromatic rings. The molecule has 0 saturated carbocycles. The molecule has 0 radical (unpaired) electrons. The van der Waals surface area contributed by atoms with E-state index in [1.165, 1.54) is 0 Å². The monoisotopic (exact) mass is 340 g/mol. The van der Waals surface area contributed by atoms with Crippen LogP contribution < -0.4 is 20.3 Å². The second-order valence-corrected chi connectivity index (χ2v) is 5.12. The third-order valence-corrected chi connectivity index (χ3v) is 3.36. The van der Waals surface area contributed by atoms with E-state index >= 15 is 0 Å². The highest BCUT2D eigenvalue weighted by atomic mass is 16.5. The van der Waals surface area contributed by atoms with Crippen molar-refractivity contribution in [2.24, 2.45) is 0 Å². The first-order valence-electron chi connectivity index (χ1n) is 7.69. The number of nitrogens with one attached hydrogen (secondary N) is 2. The van der Waals surface area contributed by atoms with Crippen LogP contribution in [0.25, 0.3) is 0 Å². The zero-order chi connectivity index (χ0) is 18.1. The van der Waals surface area contributed by atoms with Crippen LogP contribution in [0.2, 0.25) is 0 Å². The van der Waals surface area contributed by atoms with Gasteiger partial charge < -0.3 is 9.47 Å². The van der Waals surface area contributed by atoms with Crippen molar-refractivity contribution in [1.82, 2.24) is 10.9 Å². The zero-order valence-electron chi connectivity index (χ0n) is 14.0. The number of ether oxygens (including phenoxy) is 2. The summed E-state index contributed by atoms with van der Waals surface area (Å²) >= 11 is 0. The number of rotatable bonds is 7. The van der Waals surface area contributed by atoms with Gasteiger partial charge in [0.1, 0.15) is 11.5 Å². The summed E-state index contributed by atoms with van der Waals surface area (Å²) in [6.45, 7) is 3.48. The summed E-state index contributed by atoms with van der Waals surface area (Å²) in [7, 11) is 1.54. The van der Waals surface area contributed by atoms with E-state index in [1.54, 1.807) is 43.5 Å². The summed E-state index contributed by atoms with van der Waals surface area (Å²) in [6.07, 6.45) is 2.41. The van der Waals surface area contributed by atoms with Crippen LogP contribution in [0, 0.1) is 0 Å². The summed E-state index contributed by atoms with van der Waals surface area (Å²) in [6, 6.07) is 13.9. The molecule has 2 amide bonds. The van der Waals surface area contributed by atoms with Gasteiger partial charge >= 0.3 is 0 Å². The molecule has 0 fully saturated rings. The highest BCUT2D eigenvalue weighted by molar-refractivity contribution is 5.95. The molecule has 130 valence electrons. The summed E-state index contributed by atoms with van der Waals surface area (Å²) in [4.78, 5) is 23.8. The first-order valence-corrected chi connectivity index (χ1v) is 7.69. The molecule has 0 aliphatic heterocycles. The number of carbonyl (C=O) groups is 2. The second-order valence-electron chi connectivity index (χ2n) is 5.12. The summed E-state index contributed by atoms with van der Waals surface area (Å²) < 4.78 is 10.5. The Morgan fingerprint density at radius 3 is 2.48 bits per heavy atom. The summed E-state index contributed by atoms with van der Waals surface area (Å²) in [5.41, 5.74) is 5.99. The van der Waals surface area contributed by atoms with Gasteiger partial charge in [0.25, 0.3) is 11.8 Å². The van der Waals surface area contributed by atoms with Gasteiger partial charge in [-0.3, -0.25) is 20.4 Å². The van der Waals surface area contributed by atoms with E-state index in [1.807, 2.05) is 18.2 Å². The molecule has 6 heteroatoms. The van der Waals surface area contributed by atoms with Crippen LogP contribution in [0.3, 0.4) is 0 Å². The Morgan fingerprint density at radius 2 is 1.80 bits per heavy atom. The molecule has 2 N–H and O–H groups in total. The molecule has 25 heavy (non-hydrogen) atoms. The van der Waals surface area contributed by atoms with Gasteiger partial charge in [0.15, 0.2) is 6.61 Å². The lowest BCUT2D eigenvalue weighted by atomic mass is 10.1. The minimum atomic E-state index is -0.463. The Hall–Kier alpha value is -3.28. The van der Waals surface area contributed by atoms with Crippen molar-refractivity contribution in [2.45, 2.75) is 6.42 Å². The van der Waals surface area contributed by atoms with Crippen molar-refractivity contribution in [3.05, 3.63) is 72.3 Å². The van der Waals surface area contributed by atoms with E-state index in [9.17, 15) is 9.59 Å². The van der Waals surface area contributed by atoms with Gasteiger partial charge in [-0.05, 0) is 42.3 Å². The standard InChI is InChI=1S/C19H20N2O4/c1-3-6-14-7-4-5-8-17(14)25-13-18(22)20-21-19(23)15-9-11-16(24-2)12-10-15/h3-5,7-12H,1,6,13H2,2H3,(H,20,22)(H,21,23). The lowest BCUT2D eigenvalue weighted by Crippen LogP contribution is -2.43. The van der Waals surface area contributed by atoms with Crippen LogP contribution in [0.4, 0.5) is 0 Å². The average molecular weight is 340 g/mol. The Kier molecular flexibility index (Phi) is 6.59. The SMILES string of the molecule is C=CCc1ccccc1OCC(=O)NNC(=O)c1ccc(OC)cc1. The number of benzene rings is 2. The molecular formula is C19H20N2O4. The maximum Gasteiger partial charge on any atom is 0.276 e. The van der Waals surface area contributed by atoms with Crippen molar-refractivity contribution in [2.75, 3.05) is 13.7 Å². The number of amides is 2. The van der Waals surface area contributed by atoms with Crippen LogP contribution in [0.15, 0.2) is 61.2 Å². The molecule has 2 aromatic carbocycles. The van der Waals surface area contributed by atoms with Crippen molar-refractivity contribution in [3.8, 4) is 11.5 Å². The molecular weight excluding hydrogens is 320 g/mol. The minimum Gasteiger partial charge on any atom is -0.497 e. The van der Waals surface area contributed by atoms with E-state index < -0.39 is 11.8 Å². The third kappa shape index (κ3) is 5.39. The van der Waals surface area contributed by atoms with Crippen molar-refractivity contribution in [1.29, 1.82) is 0 Å². The Bertz CT molecular complexity index is 741. The van der Waals surface area contributed by atoms with E-state index in [0.717, 1.165) is 5.56 Å². The molecule has 0 saturated heterocycles. The highest BCUT2D eigenvalue weighted by Gasteiger charge is 2.09. The van der Waals surface area contributed by atoms with Gasteiger partial charge in [-0.25, -0.2) is 0 Å². The summed E-state index contributed by atoms with van der Waals surface area (Å²) in [5, 5.41) is 0. The van der Waals surface area contributed by atoms with Crippen molar-refractivity contribution >= 4 is 11.8 Å². The van der Waals surface area contributed by atoms with E-state index in [-0.39, 0.29) is 6.61 Å². The third-order valence-electron chi connectivity index (χ3n) is 3.36. The number of hydrogen-bond donors (Lipinski definition) is 2. The van der Waals surface area contributed by atoms with E-state index in [4.69, 9.17) is 9.47 Å². The molecule has 0 bridgehead atoms. The molecule has 0 atom stereocenters. The van der Waals surface area contributed by atoms with Gasteiger partial charge in [-0.1, -0.05) is 24.3 Å². The first kappa shape index (κ1) is 18.1. The maximum absolute atomic E-state index is 11.9. The quantitative estimate of drug-likeness (QED) is 0.599. The van der Waals surface area contributed by atoms with Gasteiger partial charge in [-0.15, -0.1) is 6.58 Å². The van der Waals surface area contributed by atoms with Crippen molar-refractivity contribution < 1.29 is 19.1 Å². The van der Waals surface area contributed by atoms with Crippen molar-refractivity contribution in [3.63, 3.8) is 0 Å². The van der Waals surface area contributed by atoms with Gasteiger partial charge in [0.2, 0.25) is 0 Å². The predicted molar refractivity (Wildman–Crippen MR) is 94.4 cm³/mol. The smallest absolute Gasteiger partial charge is 0.276 e. The van der Waals surface area contributed by atoms with Crippen LogP contribution in [0.1, 0.15) is 15.9 Å². The number of methoxy groups -OCH3 is 1. The fraction of sp³-hybridized carbons (Fsp3) is 0.158. The molecule has 6 nitrogen and oxygen atoms in total. The Morgan fingerprint density at radius 1 is 1.08 bits per heavy atom. The molecule has 0 spiro atoms. The predicted octanol–water partition coefficient (Wildman–Crippen LogP) is 2.26.